The maximum atomic E-state index is 12.1. The van der Waals surface area contributed by atoms with E-state index in [1.807, 2.05) is 11.8 Å². The van der Waals surface area contributed by atoms with Crippen LogP contribution in [0.2, 0.25) is 0 Å². The molecule has 2 aliphatic rings. The van der Waals surface area contributed by atoms with Gasteiger partial charge in [0.15, 0.2) is 0 Å². The zero-order chi connectivity index (χ0) is 13.7. The number of nitrogens with one attached hydrogen (secondary N) is 1. The predicted molar refractivity (Wildman–Crippen MR) is 72.9 cm³/mol. The molecule has 2 unspecified atom stereocenters. The van der Waals surface area contributed by atoms with E-state index in [0.29, 0.717) is 26.1 Å². The SMILES string of the molecule is CC1OCCC1(O)CNCC(=O)N1CCCCCC1. The van der Waals surface area contributed by atoms with Crippen molar-refractivity contribution in [3.63, 3.8) is 0 Å². The normalized spacial score (nSPS) is 32.3. The van der Waals surface area contributed by atoms with Crippen LogP contribution in [-0.4, -0.2) is 60.4 Å². The lowest BCUT2D eigenvalue weighted by Crippen LogP contribution is -2.48. The Morgan fingerprint density at radius 1 is 1.37 bits per heavy atom. The van der Waals surface area contributed by atoms with Crippen LogP contribution in [-0.2, 0) is 9.53 Å². The van der Waals surface area contributed by atoms with Crippen molar-refractivity contribution in [1.82, 2.24) is 10.2 Å². The quantitative estimate of drug-likeness (QED) is 0.782. The zero-order valence-electron chi connectivity index (χ0n) is 11.9. The largest absolute Gasteiger partial charge is 0.386 e. The van der Waals surface area contributed by atoms with Gasteiger partial charge in [-0.1, -0.05) is 12.8 Å². The van der Waals surface area contributed by atoms with E-state index in [-0.39, 0.29) is 12.0 Å². The average molecular weight is 270 g/mol. The molecule has 2 aliphatic heterocycles. The highest BCUT2D eigenvalue weighted by molar-refractivity contribution is 5.78. The van der Waals surface area contributed by atoms with E-state index >= 15 is 0 Å². The Kier molecular flexibility index (Phi) is 5.19. The lowest BCUT2D eigenvalue weighted by molar-refractivity contribution is -0.130. The minimum absolute atomic E-state index is 0.150. The number of likely N-dealkylation sites (tertiary alicyclic amines) is 1. The summed E-state index contributed by atoms with van der Waals surface area (Å²) in [7, 11) is 0. The molecular weight excluding hydrogens is 244 g/mol. The van der Waals surface area contributed by atoms with Gasteiger partial charge in [0, 0.05) is 32.7 Å². The molecule has 0 bridgehead atoms. The van der Waals surface area contributed by atoms with E-state index in [9.17, 15) is 9.90 Å². The van der Waals surface area contributed by atoms with E-state index in [4.69, 9.17) is 4.74 Å². The summed E-state index contributed by atoms with van der Waals surface area (Å²) in [6.45, 7) is 4.97. The number of hydrogen-bond donors (Lipinski definition) is 2. The molecule has 2 heterocycles. The molecular formula is C14H26N2O3. The van der Waals surface area contributed by atoms with Crippen molar-refractivity contribution in [1.29, 1.82) is 0 Å². The topological polar surface area (TPSA) is 61.8 Å². The molecule has 2 rings (SSSR count). The van der Waals surface area contributed by atoms with E-state index in [1.54, 1.807) is 0 Å². The van der Waals surface area contributed by atoms with Crippen LogP contribution >= 0.6 is 0 Å². The standard InChI is InChI=1S/C14H26N2O3/c1-12-14(18,6-9-19-12)11-15-10-13(17)16-7-4-2-3-5-8-16/h12,15,18H,2-11H2,1H3. The fourth-order valence-electron chi connectivity index (χ4n) is 2.82. The molecule has 0 aromatic rings. The fourth-order valence-corrected chi connectivity index (χ4v) is 2.82. The molecule has 2 fully saturated rings. The molecule has 19 heavy (non-hydrogen) atoms. The zero-order valence-corrected chi connectivity index (χ0v) is 11.9. The molecule has 0 spiro atoms. The summed E-state index contributed by atoms with van der Waals surface area (Å²) in [5.41, 5.74) is -0.820. The number of carbonyl (C=O) groups excluding carboxylic acids is 1. The van der Waals surface area contributed by atoms with Gasteiger partial charge in [0.25, 0.3) is 0 Å². The highest BCUT2D eigenvalue weighted by atomic mass is 16.5. The van der Waals surface area contributed by atoms with Crippen molar-refractivity contribution in [2.75, 3.05) is 32.8 Å². The predicted octanol–water partition coefficient (Wildman–Crippen LogP) is 0.518. The van der Waals surface area contributed by atoms with E-state index in [0.717, 1.165) is 25.9 Å². The second-order valence-corrected chi connectivity index (χ2v) is 5.77. The second kappa shape index (κ2) is 6.68. The lowest BCUT2D eigenvalue weighted by atomic mass is 9.97. The molecule has 0 radical (unpaired) electrons. The molecule has 2 saturated heterocycles. The van der Waals surface area contributed by atoms with Gasteiger partial charge in [0.1, 0.15) is 5.60 Å². The van der Waals surface area contributed by atoms with Crippen LogP contribution in [0.5, 0.6) is 0 Å². The summed E-state index contributed by atoms with van der Waals surface area (Å²) in [6, 6.07) is 0. The van der Waals surface area contributed by atoms with Gasteiger partial charge in [-0.05, 0) is 19.8 Å². The van der Waals surface area contributed by atoms with Crippen LogP contribution in [0.15, 0.2) is 0 Å². The summed E-state index contributed by atoms with van der Waals surface area (Å²) < 4.78 is 5.37. The van der Waals surface area contributed by atoms with Gasteiger partial charge in [-0.25, -0.2) is 0 Å². The lowest BCUT2D eigenvalue weighted by Gasteiger charge is -2.27. The molecule has 0 aromatic carbocycles. The van der Waals surface area contributed by atoms with Gasteiger partial charge in [-0.15, -0.1) is 0 Å². The first-order valence-electron chi connectivity index (χ1n) is 7.44. The summed E-state index contributed by atoms with van der Waals surface area (Å²) in [6.07, 6.45) is 5.16. The molecule has 2 atom stereocenters. The number of carbonyl (C=O) groups is 1. The van der Waals surface area contributed by atoms with Crippen molar-refractivity contribution in [2.45, 2.75) is 50.7 Å². The number of nitrogens with zero attached hydrogens (tertiary/aromatic N) is 1. The van der Waals surface area contributed by atoms with Gasteiger partial charge < -0.3 is 20.1 Å². The number of amides is 1. The minimum Gasteiger partial charge on any atom is -0.386 e. The van der Waals surface area contributed by atoms with Crippen molar-refractivity contribution >= 4 is 5.91 Å². The van der Waals surface area contributed by atoms with Gasteiger partial charge >= 0.3 is 0 Å². The molecule has 110 valence electrons. The molecule has 1 amide bonds. The van der Waals surface area contributed by atoms with Crippen LogP contribution in [0.1, 0.15) is 39.0 Å². The third-order valence-electron chi connectivity index (χ3n) is 4.33. The van der Waals surface area contributed by atoms with Crippen LogP contribution in [0.25, 0.3) is 0 Å². The van der Waals surface area contributed by atoms with E-state index < -0.39 is 5.60 Å². The Balaban J connectivity index is 1.71. The highest BCUT2D eigenvalue weighted by Crippen LogP contribution is 2.24. The first kappa shape index (κ1) is 14.8. The minimum atomic E-state index is -0.820. The van der Waals surface area contributed by atoms with Gasteiger partial charge in [0.2, 0.25) is 5.91 Å². The van der Waals surface area contributed by atoms with Crippen LogP contribution in [0.3, 0.4) is 0 Å². The Bertz CT molecular complexity index is 303. The van der Waals surface area contributed by atoms with Crippen LogP contribution in [0.4, 0.5) is 0 Å². The van der Waals surface area contributed by atoms with Crippen molar-refractivity contribution in [2.24, 2.45) is 0 Å². The second-order valence-electron chi connectivity index (χ2n) is 5.77. The van der Waals surface area contributed by atoms with Crippen molar-refractivity contribution in [3.05, 3.63) is 0 Å². The Morgan fingerprint density at radius 2 is 2.05 bits per heavy atom. The average Bonchev–Trinajstić information content (AvgIpc) is 2.62. The van der Waals surface area contributed by atoms with Crippen molar-refractivity contribution < 1.29 is 14.6 Å². The van der Waals surface area contributed by atoms with Gasteiger partial charge in [0.05, 0.1) is 12.6 Å². The van der Waals surface area contributed by atoms with Crippen LogP contribution in [0, 0.1) is 0 Å². The molecule has 5 nitrogen and oxygen atoms in total. The van der Waals surface area contributed by atoms with E-state index in [2.05, 4.69) is 5.32 Å². The monoisotopic (exact) mass is 270 g/mol. The number of aliphatic hydroxyl groups is 1. The Morgan fingerprint density at radius 3 is 2.63 bits per heavy atom. The maximum Gasteiger partial charge on any atom is 0.236 e. The number of ether oxygens (including phenoxy) is 1. The van der Waals surface area contributed by atoms with Gasteiger partial charge in [-0.2, -0.15) is 0 Å². The highest BCUT2D eigenvalue weighted by Gasteiger charge is 2.39. The summed E-state index contributed by atoms with van der Waals surface area (Å²) >= 11 is 0. The molecule has 0 saturated carbocycles. The Hall–Kier alpha value is -0.650. The van der Waals surface area contributed by atoms with Crippen LogP contribution < -0.4 is 5.32 Å². The smallest absolute Gasteiger partial charge is 0.236 e. The molecule has 0 aliphatic carbocycles. The third-order valence-corrected chi connectivity index (χ3v) is 4.33. The van der Waals surface area contributed by atoms with Gasteiger partial charge in [-0.3, -0.25) is 4.79 Å². The summed E-state index contributed by atoms with van der Waals surface area (Å²) in [4.78, 5) is 14.0. The maximum absolute atomic E-state index is 12.1. The summed E-state index contributed by atoms with van der Waals surface area (Å²) in [5.74, 6) is 0.150. The number of hydrogen-bond acceptors (Lipinski definition) is 4. The first-order valence-corrected chi connectivity index (χ1v) is 7.44. The van der Waals surface area contributed by atoms with E-state index in [1.165, 1.54) is 12.8 Å². The fraction of sp³-hybridized carbons (Fsp3) is 0.929. The summed E-state index contributed by atoms with van der Waals surface area (Å²) in [5, 5.41) is 13.4. The number of rotatable bonds is 4. The third kappa shape index (κ3) is 3.91. The molecule has 2 N–H and O–H groups in total. The molecule has 5 heteroatoms. The Labute approximate surface area is 115 Å². The van der Waals surface area contributed by atoms with Crippen molar-refractivity contribution in [3.8, 4) is 0 Å². The first-order chi connectivity index (χ1) is 9.12. The molecule has 0 aromatic heterocycles.